The SMILES string of the molecule is COc1ccc(C)cc1-c1cc(C(=O)O)c2cc(Cl)cc(Cl)c2n1. The van der Waals surface area contributed by atoms with Crippen molar-refractivity contribution in [3.8, 4) is 17.0 Å². The van der Waals surface area contributed by atoms with E-state index < -0.39 is 5.97 Å². The van der Waals surface area contributed by atoms with Crippen LogP contribution in [0.2, 0.25) is 10.0 Å². The lowest BCUT2D eigenvalue weighted by atomic mass is 10.0. The van der Waals surface area contributed by atoms with Crippen LogP contribution >= 0.6 is 23.2 Å². The summed E-state index contributed by atoms with van der Waals surface area (Å²) in [6.45, 7) is 1.94. The molecule has 24 heavy (non-hydrogen) atoms. The average Bonchev–Trinajstić information content (AvgIpc) is 2.53. The van der Waals surface area contributed by atoms with E-state index >= 15 is 0 Å². The first kappa shape index (κ1) is 16.6. The van der Waals surface area contributed by atoms with Gasteiger partial charge in [-0.15, -0.1) is 0 Å². The molecule has 0 amide bonds. The molecule has 0 radical (unpaired) electrons. The lowest BCUT2D eigenvalue weighted by Crippen LogP contribution is -2.01. The maximum absolute atomic E-state index is 11.7. The predicted octanol–water partition coefficient (Wildman–Crippen LogP) is 5.22. The molecule has 0 saturated heterocycles. The van der Waals surface area contributed by atoms with E-state index in [1.165, 1.54) is 6.07 Å². The van der Waals surface area contributed by atoms with Crippen LogP contribution in [0.15, 0.2) is 36.4 Å². The number of carbonyl (C=O) groups is 1. The van der Waals surface area contributed by atoms with E-state index in [0.29, 0.717) is 38.0 Å². The highest BCUT2D eigenvalue weighted by Crippen LogP contribution is 2.35. The fraction of sp³-hybridized carbons (Fsp3) is 0.111. The molecule has 3 aromatic rings. The highest BCUT2D eigenvalue weighted by Gasteiger charge is 2.17. The van der Waals surface area contributed by atoms with E-state index in [0.717, 1.165) is 5.56 Å². The summed E-state index contributed by atoms with van der Waals surface area (Å²) in [5.74, 6) is -0.470. The molecule has 0 aliphatic rings. The maximum atomic E-state index is 11.7. The third-order valence-corrected chi connectivity index (χ3v) is 4.20. The number of fused-ring (bicyclic) bond motifs is 1. The number of pyridine rings is 1. The van der Waals surface area contributed by atoms with Gasteiger partial charge in [0.1, 0.15) is 5.75 Å². The third kappa shape index (κ3) is 2.90. The summed E-state index contributed by atoms with van der Waals surface area (Å²) in [6.07, 6.45) is 0. The smallest absolute Gasteiger partial charge is 0.336 e. The van der Waals surface area contributed by atoms with Crippen molar-refractivity contribution in [1.29, 1.82) is 0 Å². The number of hydrogen-bond donors (Lipinski definition) is 1. The molecule has 0 spiro atoms. The van der Waals surface area contributed by atoms with Crippen LogP contribution in [0.25, 0.3) is 22.2 Å². The van der Waals surface area contributed by atoms with Gasteiger partial charge >= 0.3 is 5.97 Å². The van der Waals surface area contributed by atoms with Crippen LogP contribution in [-0.4, -0.2) is 23.2 Å². The molecule has 6 heteroatoms. The normalized spacial score (nSPS) is 10.8. The zero-order chi connectivity index (χ0) is 17.4. The number of aryl methyl sites for hydroxylation is 1. The Morgan fingerprint density at radius 3 is 2.58 bits per heavy atom. The highest BCUT2D eigenvalue weighted by molar-refractivity contribution is 6.38. The predicted molar refractivity (Wildman–Crippen MR) is 95.4 cm³/mol. The zero-order valence-electron chi connectivity index (χ0n) is 12.9. The van der Waals surface area contributed by atoms with Crippen LogP contribution in [0.3, 0.4) is 0 Å². The third-order valence-electron chi connectivity index (χ3n) is 3.69. The Labute approximate surface area is 148 Å². The minimum absolute atomic E-state index is 0.0861. The van der Waals surface area contributed by atoms with Crippen molar-refractivity contribution in [2.75, 3.05) is 7.11 Å². The van der Waals surface area contributed by atoms with Gasteiger partial charge in [0.05, 0.1) is 28.9 Å². The number of benzene rings is 2. The van der Waals surface area contributed by atoms with Crippen molar-refractivity contribution in [2.24, 2.45) is 0 Å². The lowest BCUT2D eigenvalue weighted by Gasteiger charge is -2.12. The number of carboxylic acids is 1. The number of methoxy groups -OCH3 is 1. The quantitative estimate of drug-likeness (QED) is 0.694. The number of halogens is 2. The van der Waals surface area contributed by atoms with Gasteiger partial charge in [-0.25, -0.2) is 9.78 Å². The molecule has 122 valence electrons. The van der Waals surface area contributed by atoms with Crippen LogP contribution < -0.4 is 4.74 Å². The molecule has 0 atom stereocenters. The summed E-state index contributed by atoms with van der Waals surface area (Å²) in [5, 5.41) is 10.6. The van der Waals surface area contributed by atoms with E-state index in [4.69, 9.17) is 27.9 Å². The summed E-state index contributed by atoms with van der Waals surface area (Å²) in [7, 11) is 1.56. The van der Waals surface area contributed by atoms with Crippen molar-refractivity contribution < 1.29 is 14.6 Å². The van der Waals surface area contributed by atoms with E-state index in [1.54, 1.807) is 19.2 Å². The van der Waals surface area contributed by atoms with Gasteiger partial charge < -0.3 is 9.84 Å². The molecule has 0 saturated carbocycles. The fourth-order valence-corrected chi connectivity index (χ4v) is 3.12. The van der Waals surface area contributed by atoms with Crippen LogP contribution in [0.1, 0.15) is 15.9 Å². The highest BCUT2D eigenvalue weighted by atomic mass is 35.5. The van der Waals surface area contributed by atoms with Crippen molar-refractivity contribution in [1.82, 2.24) is 4.98 Å². The molecule has 2 aromatic carbocycles. The van der Waals surface area contributed by atoms with Crippen molar-refractivity contribution >= 4 is 40.1 Å². The van der Waals surface area contributed by atoms with Gasteiger partial charge in [0, 0.05) is 16.0 Å². The molecule has 4 nitrogen and oxygen atoms in total. The van der Waals surface area contributed by atoms with Gasteiger partial charge in [-0.3, -0.25) is 0 Å². The van der Waals surface area contributed by atoms with E-state index in [-0.39, 0.29) is 5.56 Å². The first-order valence-electron chi connectivity index (χ1n) is 7.09. The number of ether oxygens (including phenoxy) is 1. The van der Waals surface area contributed by atoms with Crippen molar-refractivity contribution in [3.05, 3.63) is 57.6 Å². The molecule has 3 rings (SSSR count). The summed E-state index contributed by atoms with van der Waals surface area (Å²) >= 11 is 12.2. The first-order valence-corrected chi connectivity index (χ1v) is 7.84. The van der Waals surface area contributed by atoms with E-state index in [2.05, 4.69) is 4.98 Å². The largest absolute Gasteiger partial charge is 0.496 e. The molecule has 1 N–H and O–H groups in total. The van der Waals surface area contributed by atoms with Crippen molar-refractivity contribution in [3.63, 3.8) is 0 Å². The van der Waals surface area contributed by atoms with E-state index in [9.17, 15) is 9.90 Å². The van der Waals surface area contributed by atoms with Gasteiger partial charge in [-0.05, 0) is 37.3 Å². The summed E-state index contributed by atoms with van der Waals surface area (Å²) in [4.78, 5) is 16.2. The zero-order valence-corrected chi connectivity index (χ0v) is 14.4. The number of aromatic carboxylic acids is 1. The van der Waals surface area contributed by atoms with Crippen LogP contribution in [0.4, 0.5) is 0 Å². The second kappa shape index (κ2) is 6.30. The Morgan fingerprint density at radius 1 is 1.17 bits per heavy atom. The first-order chi connectivity index (χ1) is 11.4. The summed E-state index contributed by atoms with van der Waals surface area (Å²) < 4.78 is 5.37. The lowest BCUT2D eigenvalue weighted by molar-refractivity contribution is 0.0699. The number of hydrogen-bond acceptors (Lipinski definition) is 3. The molecule has 0 aliphatic carbocycles. The maximum Gasteiger partial charge on any atom is 0.336 e. The van der Waals surface area contributed by atoms with Gasteiger partial charge in [0.2, 0.25) is 0 Å². The molecule has 0 fully saturated rings. The Kier molecular flexibility index (Phi) is 4.35. The Bertz CT molecular complexity index is 970. The number of carboxylic acid groups (broad SMARTS) is 1. The number of nitrogens with zero attached hydrogens (tertiary/aromatic N) is 1. The second-order valence-electron chi connectivity index (χ2n) is 5.35. The fourth-order valence-electron chi connectivity index (χ4n) is 2.59. The van der Waals surface area contributed by atoms with Crippen LogP contribution in [0, 0.1) is 6.92 Å². The van der Waals surface area contributed by atoms with Crippen LogP contribution in [-0.2, 0) is 0 Å². The molecule has 0 unspecified atom stereocenters. The molecular formula is C18H13Cl2NO3. The topological polar surface area (TPSA) is 59.4 Å². The van der Waals surface area contributed by atoms with Gasteiger partial charge in [-0.2, -0.15) is 0 Å². The standard InChI is InChI=1S/C18H13Cl2NO3/c1-9-3-4-16(24-2)13(5-9)15-8-12(18(22)23)11-6-10(19)7-14(20)17(11)21-15/h3-8H,1-2H3,(H,22,23). The molecule has 1 heterocycles. The molecular weight excluding hydrogens is 349 g/mol. The molecule has 1 aromatic heterocycles. The minimum atomic E-state index is -1.08. The number of rotatable bonds is 3. The van der Waals surface area contributed by atoms with Crippen molar-refractivity contribution in [2.45, 2.75) is 6.92 Å². The van der Waals surface area contributed by atoms with Gasteiger partial charge in [0.25, 0.3) is 0 Å². The summed E-state index contributed by atoms with van der Waals surface area (Å²) in [6, 6.07) is 10.2. The monoisotopic (exact) mass is 361 g/mol. The minimum Gasteiger partial charge on any atom is -0.496 e. The number of aromatic nitrogens is 1. The Morgan fingerprint density at radius 2 is 1.92 bits per heavy atom. The Hall–Kier alpha value is -2.30. The van der Waals surface area contributed by atoms with Gasteiger partial charge in [-0.1, -0.05) is 34.8 Å². The summed E-state index contributed by atoms with van der Waals surface area (Å²) in [5.41, 5.74) is 2.66. The molecule has 0 aliphatic heterocycles. The Balaban J connectivity index is 2.39. The average molecular weight is 362 g/mol. The van der Waals surface area contributed by atoms with Crippen LogP contribution in [0.5, 0.6) is 5.75 Å². The van der Waals surface area contributed by atoms with Gasteiger partial charge in [0.15, 0.2) is 0 Å². The molecule has 0 bridgehead atoms. The van der Waals surface area contributed by atoms with E-state index in [1.807, 2.05) is 25.1 Å². The second-order valence-corrected chi connectivity index (χ2v) is 6.19.